The zero-order valence-corrected chi connectivity index (χ0v) is 86.2. The number of para-hydroxylation sites is 1. The molecule has 6 aromatic rings. The zero-order chi connectivity index (χ0) is 70.8. The Kier molecular flexibility index (Phi) is 123. The van der Waals surface area contributed by atoms with Crippen molar-refractivity contribution < 1.29 is 139 Å². The molecular formula is C74H131Au6N3O2P6S6. The molecular weight excluding hydrogens is 2520 g/mol. The van der Waals surface area contributed by atoms with Crippen LogP contribution in [-0.4, -0.2) is 116 Å². The summed E-state index contributed by atoms with van der Waals surface area (Å²) in [5.74, 6) is 0. The van der Waals surface area contributed by atoms with Gasteiger partial charge in [0.25, 0.3) is 5.69 Å². The first-order valence-corrected chi connectivity index (χ1v) is 48.7. The minimum atomic E-state index is -0.450. The third-order valence-corrected chi connectivity index (χ3v) is 34.4. The largest absolute Gasteiger partial charge is 0.780 e. The summed E-state index contributed by atoms with van der Waals surface area (Å²) in [4.78, 5) is 14.5. The van der Waals surface area contributed by atoms with Crippen molar-refractivity contribution in [3.8, 4) is 0 Å². The minimum Gasteiger partial charge on any atom is -0.780 e. The first-order chi connectivity index (χ1) is 43.3. The quantitative estimate of drug-likeness (QED) is 0.0204. The molecule has 0 aliphatic rings. The van der Waals surface area contributed by atoms with E-state index in [-0.39, 0.29) is 187 Å². The summed E-state index contributed by atoms with van der Waals surface area (Å²) in [5.41, 5.74) is 14.8. The number of hydrogen-bond acceptors (Lipinski definition) is 10. The molecule has 6 aromatic carbocycles. The Morgan fingerprint density at radius 1 is 0.289 bits per heavy atom. The first-order valence-electron chi connectivity index (χ1n) is 33.5. The van der Waals surface area contributed by atoms with Crippen LogP contribution in [0.3, 0.4) is 0 Å². The van der Waals surface area contributed by atoms with E-state index in [0.29, 0.717) is 10.6 Å². The van der Waals surface area contributed by atoms with Crippen molar-refractivity contribution in [3.05, 3.63) is 173 Å². The van der Waals surface area contributed by atoms with Crippen molar-refractivity contribution in [2.24, 2.45) is 0 Å². The summed E-state index contributed by atoms with van der Waals surface area (Å²) >= 11 is 28.9. The Labute approximate surface area is 733 Å². The average Bonchev–Trinajstić information content (AvgIpc) is 1.25. The number of nitro benzene ring substituents is 1. The maximum absolute atomic E-state index is 10.1. The molecule has 0 amide bonds. The maximum Gasteiger partial charge on any atom is 0.269 e. The van der Waals surface area contributed by atoms with Crippen LogP contribution in [0.5, 0.6) is 0 Å². The maximum atomic E-state index is 10.1. The fraction of sp³-hybridized carbons (Fsp3) is 0.514. The van der Waals surface area contributed by atoms with Gasteiger partial charge in [0, 0.05) is 158 Å². The number of anilines is 2. The number of nitrogens with zero attached hydrogens (tertiary/aromatic N) is 1. The van der Waals surface area contributed by atoms with E-state index in [0.717, 1.165) is 30.2 Å². The molecule has 0 saturated carbocycles. The number of hydrogen-bond donors (Lipinski definition) is 2. The van der Waals surface area contributed by atoms with Crippen molar-refractivity contribution in [2.45, 2.75) is 168 Å². The molecule has 4 N–H and O–H groups in total. The molecule has 0 saturated heterocycles. The van der Waals surface area contributed by atoms with Crippen LogP contribution in [0.1, 0.15) is 136 Å². The molecule has 0 fully saturated rings. The molecule has 0 unspecified atom stereocenters. The summed E-state index contributed by atoms with van der Waals surface area (Å²) < 4.78 is 0. The summed E-state index contributed by atoms with van der Waals surface area (Å²) in [6, 6.07) is 45.8. The zero-order valence-electron chi connectivity index (χ0n) is 62.3. The Balaban J connectivity index is -0.0000000809. The van der Waals surface area contributed by atoms with E-state index < -0.39 is 4.92 Å². The van der Waals surface area contributed by atoms with Gasteiger partial charge in [-0.1, -0.05) is 132 Å². The number of nitrogen functional groups attached to an aromatic ring is 2. The van der Waals surface area contributed by atoms with Crippen molar-refractivity contribution in [1.82, 2.24) is 0 Å². The van der Waals surface area contributed by atoms with Crippen molar-refractivity contribution in [1.29, 1.82) is 0 Å². The van der Waals surface area contributed by atoms with Gasteiger partial charge >= 0.3 is 0 Å². The van der Waals surface area contributed by atoms with Crippen LogP contribution in [0, 0.1) is 24.0 Å². The van der Waals surface area contributed by atoms with Crippen LogP contribution in [0.15, 0.2) is 181 Å². The summed E-state index contributed by atoms with van der Waals surface area (Å²) in [6.07, 6.45) is 26.2. The normalized spacial score (nSPS) is 9.01. The van der Waals surface area contributed by atoms with Crippen molar-refractivity contribution in [2.75, 3.05) is 122 Å². The second kappa shape index (κ2) is 94.7. The van der Waals surface area contributed by atoms with Crippen molar-refractivity contribution >= 4 is 140 Å². The second-order valence-electron chi connectivity index (χ2n) is 20.7. The van der Waals surface area contributed by atoms with E-state index in [1.165, 1.54) is 146 Å². The number of nitro groups is 1. The molecule has 586 valence electrons. The first kappa shape index (κ1) is 126. The van der Waals surface area contributed by atoms with Crippen LogP contribution in [0.2, 0.25) is 0 Å². The molecule has 0 aliphatic carbocycles. The molecule has 23 heteroatoms. The van der Waals surface area contributed by atoms with Gasteiger partial charge in [0.15, 0.2) is 0 Å². The van der Waals surface area contributed by atoms with Crippen LogP contribution in [0.25, 0.3) is 0 Å². The van der Waals surface area contributed by atoms with Gasteiger partial charge in [-0.15, -0.1) is 0 Å². The molecule has 6 rings (SSSR count). The molecule has 0 spiro atoms. The van der Waals surface area contributed by atoms with E-state index in [1.54, 1.807) is 18.2 Å². The molecule has 5 nitrogen and oxygen atoms in total. The van der Waals surface area contributed by atoms with Gasteiger partial charge in [-0.2, -0.15) is 29.4 Å². The van der Waals surface area contributed by atoms with Crippen LogP contribution < -0.4 is 11.5 Å². The molecule has 0 bridgehead atoms. The van der Waals surface area contributed by atoms with Gasteiger partial charge in [0.2, 0.25) is 0 Å². The number of nitrogens with two attached hydrogens (primary N) is 2. The predicted molar refractivity (Wildman–Crippen MR) is 457 cm³/mol. The minimum absolute atomic E-state index is 0. The van der Waals surface area contributed by atoms with Crippen molar-refractivity contribution in [3.63, 3.8) is 0 Å². The van der Waals surface area contributed by atoms with Gasteiger partial charge in [-0.05, 0) is 204 Å². The molecule has 6 radical (unpaired) electrons. The van der Waals surface area contributed by atoms with Gasteiger partial charge in [-0.25, -0.2) is 0 Å². The smallest absolute Gasteiger partial charge is 0.269 e. The van der Waals surface area contributed by atoms with E-state index in [4.69, 9.17) is 87.2 Å². The Bertz CT molecular complexity index is 2120. The summed E-state index contributed by atoms with van der Waals surface area (Å²) in [5, 5.41) is 10.1. The Morgan fingerprint density at radius 3 is 0.608 bits per heavy atom. The van der Waals surface area contributed by atoms with Gasteiger partial charge in [0.1, 0.15) is 0 Å². The predicted octanol–water partition coefficient (Wildman–Crippen LogP) is 22.8. The van der Waals surface area contributed by atoms with Gasteiger partial charge < -0.3 is 87.2 Å². The molecule has 0 atom stereocenters. The van der Waals surface area contributed by atoms with Gasteiger partial charge in [0.05, 0.1) is 116 Å². The number of benzene rings is 6. The second-order valence-corrected chi connectivity index (χ2v) is 45.2. The van der Waals surface area contributed by atoms with E-state index >= 15 is 0 Å². The topological polar surface area (TPSA) is 95.2 Å². The third-order valence-electron chi connectivity index (χ3n) is 14.6. The van der Waals surface area contributed by atoms with E-state index in [1.807, 2.05) is 109 Å². The van der Waals surface area contributed by atoms with Crippen LogP contribution in [-0.2, 0) is 210 Å². The van der Waals surface area contributed by atoms with E-state index in [9.17, 15) is 10.1 Å². The summed E-state index contributed by atoms with van der Waals surface area (Å²) in [6.45, 7) is 45.6. The molecule has 0 aromatic heterocycles. The number of non-ortho nitro benzene ring substituents is 1. The molecule has 0 aliphatic heterocycles. The fourth-order valence-electron chi connectivity index (χ4n) is 7.51. The summed E-state index contributed by atoms with van der Waals surface area (Å²) in [7, 11) is 0.824. The van der Waals surface area contributed by atoms with E-state index in [2.05, 4.69) is 138 Å². The molecule has 97 heavy (non-hydrogen) atoms. The van der Waals surface area contributed by atoms with Gasteiger partial charge in [-0.3, -0.25) is 10.1 Å². The number of aryl methyl sites for hydroxylation is 2. The van der Waals surface area contributed by atoms with Crippen LogP contribution in [0.4, 0.5) is 17.1 Å². The van der Waals surface area contributed by atoms with Crippen LogP contribution >= 0.6 is 47.5 Å². The third kappa shape index (κ3) is 89.2. The Hall–Kier alpha value is 2.66. The average molecular weight is 2650 g/mol. The number of rotatable bonds is 19. The molecule has 0 heterocycles. The standard InChI is InChI=1S/2C7H8S.C6H5NO2S.2C6H7NS.6C6H15P.C6H6S.6Au/c2*1-6-2-4-7(8)5-3-6;8-7(9)5-1-3-6(10)4-2-5;7-5-1-3-6(8)4-2-5;7-5-3-1-2-4-6(5)8;6*1-4-7(5-2)6-3;7-6-4-2-1-3-5-6;;;;;;/h2*2-5,8H,1H3;1-4,10H;2*1-4,8H,7H2;6*4-6H2,1-3H3;1-5,7H;;;;;;. The Morgan fingerprint density at radius 2 is 0.474 bits per heavy atom. The SMILES string of the molecule is CC[PH+](CC)CC.CC[PH+](CC)CC.CC[PH+](CC)CC.CC[PH+](CC)CC.CC[PH+](CC)CC.CC[PH+](CC)CC.Cc1ccc([S-])cc1.Cc1ccc([S-])cc1.Nc1ccc([S-])cc1.Nc1ccccc1[S-].O=[N+]([O-])c1ccc([S-])cc1.[Au].[Au].[Au].[Au].[Au].[Au].[S-]c1ccccc1. The fourth-order valence-corrected chi connectivity index (χ4v) is 17.4. The monoisotopic (exact) mass is 2650 g/mol.